The smallest absolute Gasteiger partial charge is 0.255 e. The number of rotatable bonds is 6. The van der Waals surface area contributed by atoms with Crippen molar-refractivity contribution in [3.05, 3.63) is 50.4 Å². The first kappa shape index (κ1) is 16.2. The molecule has 2 aromatic rings. The third-order valence-electron chi connectivity index (χ3n) is 2.83. The normalized spacial score (nSPS) is 10.6. The molecular weight excluding hydrogens is 331 g/mol. The zero-order chi connectivity index (χ0) is 15.2. The molecule has 0 aliphatic heterocycles. The van der Waals surface area contributed by atoms with Crippen LogP contribution in [0.1, 0.15) is 15.2 Å². The van der Waals surface area contributed by atoms with E-state index in [-0.39, 0.29) is 16.1 Å². The molecule has 0 atom stereocenters. The molecule has 7 heteroatoms. The number of carbonyl (C=O) groups is 1. The number of amides is 1. The van der Waals surface area contributed by atoms with Gasteiger partial charge in [0.05, 0.1) is 23.7 Å². The van der Waals surface area contributed by atoms with E-state index in [1.807, 2.05) is 17.5 Å². The van der Waals surface area contributed by atoms with Gasteiger partial charge in [0.2, 0.25) is 0 Å². The second kappa shape index (κ2) is 7.75. The lowest BCUT2D eigenvalue weighted by Gasteiger charge is -2.22. The van der Waals surface area contributed by atoms with Crippen LogP contribution in [0.4, 0.5) is 0 Å². The van der Waals surface area contributed by atoms with Gasteiger partial charge in [-0.1, -0.05) is 29.3 Å². The van der Waals surface area contributed by atoms with Crippen LogP contribution in [0.25, 0.3) is 0 Å². The Morgan fingerprint density at radius 2 is 2.29 bits per heavy atom. The van der Waals surface area contributed by atoms with Gasteiger partial charge in [-0.2, -0.15) is 0 Å². The summed E-state index contributed by atoms with van der Waals surface area (Å²) in [6, 6.07) is 5.43. The number of methoxy groups -OCH3 is 1. The molecule has 0 fully saturated rings. The molecule has 0 aliphatic rings. The first-order valence-corrected chi connectivity index (χ1v) is 7.87. The maximum absolute atomic E-state index is 12.7. The van der Waals surface area contributed by atoms with Crippen molar-refractivity contribution in [3.63, 3.8) is 0 Å². The SMILES string of the molecule is COCCN(Cc1cccs1)C(=O)c1cc(Cl)ncc1Cl. The molecule has 2 aromatic heterocycles. The van der Waals surface area contributed by atoms with Crippen molar-refractivity contribution in [2.45, 2.75) is 6.54 Å². The minimum absolute atomic E-state index is 0.185. The molecule has 0 unspecified atom stereocenters. The number of thiophene rings is 1. The number of halogens is 2. The highest BCUT2D eigenvalue weighted by molar-refractivity contribution is 7.09. The van der Waals surface area contributed by atoms with Crippen LogP contribution < -0.4 is 0 Å². The van der Waals surface area contributed by atoms with Gasteiger partial charge in [-0.3, -0.25) is 4.79 Å². The van der Waals surface area contributed by atoms with Crippen LogP contribution in [0.15, 0.2) is 29.8 Å². The highest BCUT2D eigenvalue weighted by atomic mass is 35.5. The molecular formula is C14H14Cl2N2O2S. The fourth-order valence-corrected chi connectivity index (χ4v) is 2.85. The van der Waals surface area contributed by atoms with Crippen LogP contribution in [0.3, 0.4) is 0 Å². The summed E-state index contributed by atoms with van der Waals surface area (Å²) in [6.07, 6.45) is 1.39. The Labute approximate surface area is 137 Å². The van der Waals surface area contributed by atoms with E-state index in [9.17, 15) is 4.79 Å². The third kappa shape index (κ3) is 4.41. The topological polar surface area (TPSA) is 42.4 Å². The Hall–Kier alpha value is -1.14. The monoisotopic (exact) mass is 344 g/mol. The fraction of sp³-hybridized carbons (Fsp3) is 0.286. The standard InChI is InChI=1S/C14H14Cl2N2O2S/c1-20-5-4-18(9-10-3-2-6-21-10)14(19)11-7-13(16)17-8-12(11)15/h2-3,6-8H,4-5,9H2,1H3. The van der Waals surface area contributed by atoms with Crippen LogP contribution in [-0.2, 0) is 11.3 Å². The summed E-state index contributed by atoms with van der Waals surface area (Å²) in [5.41, 5.74) is 0.351. The van der Waals surface area contributed by atoms with Crippen molar-refractivity contribution in [2.75, 3.05) is 20.3 Å². The van der Waals surface area contributed by atoms with Crippen LogP contribution >= 0.6 is 34.5 Å². The average Bonchev–Trinajstić information content (AvgIpc) is 2.98. The Bertz CT molecular complexity index is 605. The van der Waals surface area contributed by atoms with E-state index in [1.165, 1.54) is 12.3 Å². The number of nitrogens with zero attached hydrogens (tertiary/aromatic N) is 2. The van der Waals surface area contributed by atoms with E-state index < -0.39 is 0 Å². The Kier molecular flexibility index (Phi) is 5.99. The molecule has 0 saturated carbocycles. The highest BCUT2D eigenvalue weighted by Crippen LogP contribution is 2.21. The Balaban J connectivity index is 2.22. The van der Waals surface area contributed by atoms with Crippen LogP contribution in [0.2, 0.25) is 10.2 Å². The molecule has 112 valence electrons. The van der Waals surface area contributed by atoms with E-state index in [1.54, 1.807) is 23.3 Å². The molecule has 4 nitrogen and oxygen atoms in total. The van der Waals surface area contributed by atoms with Gasteiger partial charge in [0, 0.05) is 24.7 Å². The predicted molar refractivity (Wildman–Crippen MR) is 85.2 cm³/mol. The number of carbonyl (C=O) groups excluding carboxylic acids is 1. The summed E-state index contributed by atoms with van der Waals surface area (Å²) >= 11 is 13.5. The molecule has 2 heterocycles. The first-order valence-electron chi connectivity index (χ1n) is 6.23. The maximum Gasteiger partial charge on any atom is 0.255 e. The van der Waals surface area contributed by atoms with Gasteiger partial charge in [-0.05, 0) is 17.5 Å². The summed E-state index contributed by atoms with van der Waals surface area (Å²) in [5, 5.41) is 2.51. The predicted octanol–water partition coefficient (Wildman–Crippen LogP) is 3.74. The van der Waals surface area contributed by atoms with Gasteiger partial charge in [-0.15, -0.1) is 11.3 Å². The molecule has 0 bridgehead atoms. The average molecular weight is 345 g/mol. The van der Waals surface area contributed by atoms with Crippen LogP contribution in [0, 0.1) is 0 Å². The molecule has 2 rings (SSSR count). The van der Waals surface area contributed by atoms with E-state index in [4.69, 9.17) is 27.9 Å². The molecule has 0 spiro atoms. The number of ether oxygens (including phenoxy) is 1. The van der Waals surface area contributed by atoms with Crippen molar-refractivity contribution >= 4 is 40.4 Å². The molecule has 21 heavy (non-hydrogen) atoms. The van der Waals surface area contributed by atoms with E-state index in [0.717, 1.165) is 4.88 Å². The van der Waals surface area contributed by atoms with Crippen molar-refractivity contribution in [1.29, 1.82) is 0 Å². The van der Waals surface area contributed by atoms with Crippen molar-refractivity contribution in [2.24, 2.45) is 0 Å². The van der Waals surface area contributed by atoms with Crippen LogP contribution in [-0.4, -0.2) is 36.1 Å². The first-order chi connectivity index (χ1) is 10.1. The largest absolute Gasteiger partial charge is 0.383 e. The number of aromatic nitrogens is 1. The molecule has 0 radical (unpaired) electrons. The van der Waals surface area contributed by atoms with Gasteiger partial charge in [0.25, 0.3) is 5.91 Å². The van der Waals surface area contributed by atoms with Gasteiger partial charge >= 0.3 is 0 Å². The Morgan fingerprint density at radius 1 is 1.48 bits per heavy atom. The molecule has 1 amide bonds. The van der Waals surface area contributed by atoms with Crippen molar-refractivity contribution in [3.8, 4) is 0 Å². The Morgan fingerprint density at radius 3 is 2.95 bits per heavy atom. The summed E-state index contributed by atoms with van der Waals surface area (Å²) in [4.78, 5) is 19.3. The molecule has 0 N–H and O–H groups in total. The molecule has 0 saturated heterocycles. The van der Waals surface area contributed by atoms with Gasteiger partial charge < -0.3 is 9.64 Å². The zero-order valence-electron chi connectivity index (χ0n) is 11.4. The van der Waals surface area contributed by atoms with E-state index >= 15 is 0 Å². The van der Waals surface area contributed by atoms with Gasteiger partial charge in [-0.25, -0.2) is 4.98 Å². The highest BCUT2D eigenvalue weighted by Gasteiger charge is 2.19. The lowest BCUT2D eigenvalue weighted by Crippen LogP contribution is -2.33. The lowest BCUT2D eigenvalue weighted by atomic mass is 10.2. The minimum atomic E-state index is -0.185. The molecule has 0 aromatic carbocycles. The lowest BCUT2D eigenvalue weighted by molar-refractivity contribution is 0.0682. The molecule has 0 aliphatic carbocycles. The fourth-order valence-electron chi connectivity index (χ4n) is 1.79. The minimum Gasteiger partial charge on any atom is -0.383 e. The van der Waals surface area contributed by atoms with Gasteiger partial charge in [0.15, 0.2) is 0 Å². The van der Waals surface area contributed by atoms with E-state index in [2.05, 4.69) is 4.98 Å². The van der Waals surface area contributed by atoms with E-state index in [0.29, 0.717) is 25.3 Å². The number of pyridine rings is 1. The zero-order valence-corrected chi connectivity index (χ0v) is 13.7. The second-order valence-corrected chi connectivity index (χ2v) is 6.11. The van der Waals surface area contributed by atoms with Crippen molar-refractivity contribution < 1.29 is 9.53 Å². The number of hydrogen-bond acceptors (Lipinski definition) is 4. The van der Waals surface area contributed by atoms with Gasteiger partial charge in [0.1, 0.15) is 5.15 Å². The van der Waals surface area contributed by atoms with Crippen LogP contribution in [0.5, 0.6) is 0 Å². The quantitative estimate of drug-likeness (QED) is 0.749. The summed E-state index contributed by atoms with van der Waals surface area (Å²) in [5.74, 6) is -0.185. The number of hydrogen-bond donors (Lipinski definition) is 0. The summed E-state index contributed by atoms with van der Waals surface area (Å²) in [6.45, 7) is 1.44. The maximum atomic E-state index is 12.7. The summed E-state index contributed by atoms with van der Waals surface area (Å²) < 4.78 is 5.07. The van der Waals surface area contributed by atoms with Crippen molar-refractivity contribution in [1.82, 2.24) is 9.88 Å². The second-order valence-electron chi connectivity index (χ2n) is 4.29. The summed E-state index contributed by atoms with van der Waals surface area (Å²) in [7, 11) is 1.60. The third-order valence-corrected chi connectivity index (χ3v) is 4.20.